The van der Waals surface area contributed by atoms with Gasteiger partial charge in [-0.05, 0) is 36.7 Å². The molecule has 0 heterocycles. The molecule has 20 heavy (non-hydrogen) atoms. The third-order valence-corrected chi connectivity index (χ3v) is 2.88. The summed E-state index contributed by atoms with van der Waals surface area (Å²) in [7, 11) is 0. The average Bonchev–Trinajstić information content (AvgIpc) is 2.50. The first kappa shape index (κ1) is 13.6. The van der Waals surface area contributed by atoms with Crippen LogP contribution in [-0.2, 0) is 0 Å². The summed E-state index contributed by atoms with van der Waals surface area (Å²) in [4.78, 5) is 16.9. The molecule has 2 aromatic carbocycles. The predicted octanol–water partition coefficient (Wildman–Crippen LogP) is 4.30. The predicted molar refractivity (Wildman–Crippen MR) is 79.0 cm³/mol. The summed E-state index contributed by atoms with van der Waals surface area (Å²) in [6, 6.07) is 16.1. The van der Waals surface area contributed by atoms with Crippen molar-refractivity contribution in [3.63, 3.8) is 0 Å². The van der Waals surface area contributed by atoms with E-state index in [9.17, 15) is 4.79 Å². The van der Waals surface area contributed by atoms with Crippen LogP contribution in [0.1, 0.15) is 17.3 Å². The van der Waals surface area contributed by atoms with E-state index in [4.69, 9.17) is 5.53 Å². The molecule has 0 atom stereocenters. The summed E-state index contributed by atoms with van der Waals surface area (Å²) in [6.45, 7) is 2.48. The molecule has 0 aliphatic carbocycles. The van der Waals surface area contributed by atoms with Gasteiger partial charge in [0.15, 0.2) is 0 Å². The van der Waals surface area contributed by atoms with Crippen molar-refractivity contribution in [2.45, 2.75) is 6.92 Å². The number of azide groups is 1. The second-order valence-corrected chi connectivity index (χ2v) is 4.12. The van der Waals surface area contributed by atoms with Crippen LogP contribution in [0.3, 0.4) is 0 Å². The molecule has 0 aromatic heterocycles. The highest BCUT2D eigenvalue weighted by Gasteiger charge is 2.15. The van der Waals surface area contributed by atoms with Gasteiger partial charge in [0.05, 0.1) is 0 Å². The van der Waals surface area contributed by atoms with E-state index in [1.54, 1.807) is 29.2 Å². The van der Waals surface area contributed by atoms with Crippen LogP contribution in [0, 0.1) is 0 Å². The van der Waals surface area contributed by atoms with Gasteiger partial charge < -0.3 is 4.90 Å². The quantitative estimate of drug-likeness (QED) is 0.462. The number of rotatable bonds is 4. The van der Waals surface area contributed by atoms with Crippen molar-refractivity contribution >= 4 is 17.3 Å². The Morgan fingerprint density at radius 2 is 1.95 bits per heavy atom. The van der Waals surface area contributed by atoms with Crippen LogP contribution < -0.4 is 4.90 Å². The molecule has 5 nitrogen and oxygen atoms in total. The van der Waals surface area contributed by atoms with Gasteiger partial charge in [-0.2, -0.15) is 0 Å². The maximum atomic E-state index is 12.5. The minimum atomic E-state index is -0.117. The fraction of sp³-hybridized carbons (Fsp3) is 0.133. The van der Waals surface area contributed by atoms with E-state index in [2.05, 4.69) is 10.0 Å². The molecule has 1 amide bonds. The van der Waals surface area contributed by atoms with E-state index in [0.717, 1.165) is 5.69 Å². The topological polar surface area (TPSA) is 69.1 Å². The van der Waals surface area contributed by atoms with E-state index in [0.29, 0.717) is 17.8 Å². The zero-order valence-electron chi connectivity index (χ0n) is 11.1. The van der Waals surface area contributed by atoms with E-state index in [-0.39, 0.29) is 5.91 Å². The van der Waals surface area contributed by atoms with Crippen molar-refractivity contribution < 1.29 is 4.79 Å². The van der Waals surface area contributed by atoms with Gasteiger partial charge in [-0.25, -0.2) is 0 Å². The van der Waals surface area contributed by atoms with Crippen LogP contribution in [0.2, 0.25) is 0 Å². The Hall–Kier alpha value is -2.78. The molecule has 0 unspecified atom stereocenters. The summed E-state index contributed by atoms with van der Waals surface area (Å²) in [5, 5.41) is 3.52. The lowest BCUT2D eigenvalue weighted by Gasteiger charge is -2.21. The summed E-state index contributed by atoms with van der Waals surface area (Å²) >= 11 is 0. The van der Waals surface area contributed by atoms with Gasteiger partial charge in [-0.1, -0.05) is 35.4 Å². The molecular formula is C15H14N4O. The molecule has 2 rings (SSSR count). The molecule has 0 saturated carbocycles. The number of carbonyl (C=O) groups excluding carboxylic acids is 1. The fourth-order valence-electron chi connectivity index (χ4n) is 1.96. The highest BCUT2D eigenvalue weighted by Crippen LogP contribution is 2.19. The van der Waals surface area contributed by atoms with Crippen LogP contribution in [-0.4, -0.2) is 12.5 Å². The molecule has 100 valence electrons. The normalized spacial score (nSPS) is 9.65. The summed E-state index contributed by atoms with van der Waals surface area (Å²) in [5.74, 6) is -0.117. The van der Waals surface area contributed by atoms with Crippen LogP contribution in [0.5, 0.6) is 0 Å². The van der Waals surface area contributed by atoms with Gasteiger partial charge in [0.1, 0.15) is 0 Å². The first-order chi connectivity index (χ1) is 9.76. The van der Waals surface area contributed by atoms with E-state index >= 15 is 0 Å². The zero-order chi connectivity index (χ0) is 14.4. The lowest BCUT2D eigenvalue weighted by atomic mass is 10.1. The van der Waals surface area contributed by atoms with Crippen LogP contribution >= 0.6 is 0 Å². The molecule has 0 fully saturated rings. The largest absolute Gasteiger partial charge is 0.309 e. The molecule has 2 aromatic rings. The summed E-state index contributed by atoms with van der Waals surface area (Å²) in [6.07, 6.45) is 0. The lowest BCUT2D eigenvalue weighted by molar-refractivity contribution is 0.0988. The number of carbonyl (C=O) groups is 1. The van der Waals surface area contributed by atoms with Crippen LogP contribution in [0.4, 0.5) is 11.4 Å². The molecule has 0 bridgehead atoms. The van der Waals surface area contributed by atoms with E-state index in [1.165, 1.54) is 0 Å². The Balaban J connectivity index is 2.34. The first-order valence-corrected chi connectivity index (χ1v) is 6.28. The second kappa shape index (κ2) is 6.41. The molecule has 0 saturated heterocycles. The Kier molecular flexibility index (Phi) is 4.37. The van der Waals surface area contributed by atoms with Gasteiger partial charge in [0.2, 0.25) is 0 Å². The van der Waals surface area contributed by atoms with Crippen LogP contribution in [0.15, 0.2) is 59.7 Å². The van der Waals surface area contributed by atoms with E-state index in [1.807, 2.05) is 37.3 Å². The van der Waals surface area contributed by atoms with Crippen molar-refractivity contribution in [2.24, 2.45) is 5.11 Å². The highest BCUT2D eigenvalue weighted by molar-refractivity contribution is 6.06. The zero-order valence-corrected chi connectivity index (χ0v) is 11.1. The van der Waals surface area contributed by atoms with Gasteiger partial charge in [0, 0.05) is 28.4 Å². The Morgan fingerprint density at radius 1 is 1.20 bits per heavy atom. The molecule has 0 N–H and O–H groups in total. The lowest BCUT2D eigenvalue weighted by Crippen LogP contribution is -2.30. The Morgan fingerprint density at radius 3 is 2.60 bits per heavy atom. The smallest absolute Gasteiger partial charge is 0.258 e. The number of benzene rings is 2. The van der Waals surface area contributed by atoms with Gasteiger partial charge in [0.25, 0.3) is 5.91 Å². The first-order valence-electron chi connectivity index (χ1n) is 6.28. The molecule has 5 heteroatoms. The number of hydrogen-bond donors (Lipinski definition) is 0. The monoisotopic (exact) mass is 266 g/mol. The van der Waals surface area contributed by atoms with Crippen molar-refractivity contribution in [2.75, 3.05) is 11.4 Å². The number of amides is 1. The van der Waals surface area contributed by atoms with Crippen molar-refractivity contribution in [3.8, 4) is 0 Å². The molecule has 0 spiro atoms. The van der Waals surface area contributed by atoms with Crippen molar-refractivity contribution in [1.29, 1.82) is 0 Å². The molecule has 0 aliphatic rings. The van der Waals surface area contributed by atoms with Gasteiger partial charge in [-0.3, -0.25) is 4.79 Å². The SMILES string of the molecule is CCN(C(=O)c1cccc(N=[N+]=[N-])c1)c1ccccc1. The third-order valence-electron chi connectivity index (χ3n) is 2.88. The Labute approximate surface area is 117 Å². The number of para-hydroxylation sites is 1. The fourth-order valence-corrected chi connectivity index (χ4v) is 1.96. The highest BCUT2D eigenvalue weighted by atomic mass is 16.2. The molecule has 0 aliphatic heterocycles. The maximum Gasteiger partial charge on any atom is 0.258 e. The average molecular weight is 266 g/mol. The third kappa shape index (κ3) is 2.96. The number of anilines is 1. The van der Waals surface area contributed by atoms with Crippen LogP contribution in [0.25, 0.3) is 10.4 Å². The summed E-state index contributed by atoms with van der Waals surface area (Å²) < 4.78 is 0. The standard InChI is InChI=1S/C15H14N4O/c1-2-19(14-9-4-3-5-10-14)15(20)12-7-6-8-13(11-12)17-18-16/h3-11H,2H2,1H3. The second-order valence-electron chi connectivity index (χ2n) is 4.12. The minimum Gasteiger partial charge on any atom is -0.309 e. The van der Waals surface area contributed by atoms with Crippen molar-refractivity contribution in [1.82, 2.24) is 0 Å². The van der Waals surface area contributed by atoms with Crippen molar-refractivity contribution in [3.05, 3.63) is 70.6 Å². The maximum absolute atomic E-state index is 12.5. The van der Waals surface area contributed by atoms with E-state index < -0.39 is 0 Å². The molecule has 0 radical (unpaired) electrons. The number of nitrogens with zero attached hydrogens (tertiary/aromatic N) is 4. The Bertz CT molecular complexity index is 648. The van der Waals surface area contributed by atoms with Gasteiger partial charge in [-0.15, -0.1) is 0 Å². The van der Waals surface area contributed by atoms with Gasteiger partial charge >= 0.3 is 0 Å². The summed E-state index contributed by atoms with van der Waals surface area (Å²) in [5.41, 5.74) is 10.2. The minimum absolute atomic E-state index is 0.117. The molecular weight excluding hydrogens is 252 g/mol. The number of hydrogen-bond acceptors (Lipinski definition) is 2.